The fourth-order valence-electron chi connectivity index (χ4n) is 3.92. The molecule has 3 aromatic carbocycles. The molecule has 0 aliphatic carbocycles. The first-order valence-corrected chi connectivity index (χ1v) is 10.4. The van der Waals surface area contributed by atoms with Gasteiger partial charge in [0, 0.05) is 15.4 Å². The maximum atomic E-state index is 13.4. The number of H-pyrrole nitrogens is 1. The summed E-state index contributed by atoms with van der Waals surface area (Å²) in [7, 11) is 0. The number of carboxylic acids is 1. The number of para-hydroxylation sites is 2. The average molecular weight is 474 g/mol. The number of hydrogen-bond acceptors (Lipinski definition) is 3. The van der Waals surface area contributed by atoms with Crippen LogP contribution < -0.4 is 5.56 Å². The molecule has 0 saturated carbocycles. The highest BCUT2D eigenvalue weighted by Crippen LogP contribution is 2.32. The van der Waals surface area contributed by atoms with Crippen molar-refractivity contribution in [3.05, 3.63) is 99.1 Å². The topological polar surface area (TPSA) is 88.0 Å². The van der Waals surface area contributed by atoms with Crippen LogP contribution in [0.25, 0.3) is 32.9 Å². The molecule has 2 heterocycles. The highest BCUT2D eigenvalue weighted by Gasteiger charge is 2.24. The van der Waals surface area contributed by atoms with Crippen LogP contribution in [0.15, 0.2) is 82.1 Å². The molecule has 0 saturated heterocycles. The molecule has 2 N–H and O–H groups in total. The van der Waals surface area contributed by atoms with Gasteiger partial charge in [-0.3, -0.25) is 9.36 Å². The summed E-state index contributed by atoms with van der Waals surface area (Å²) in [6.07, 6.45) is 0. The number of imidazole rings is 1. The van der Waals surface area contributed by atoms with Gasteiger partial charge in [0.25, 0.3) is 5.56 Å². The van der Waals surface area contributed by atoms with Crippen LogP contribution in [0.1, 0.15) is 16.3 Å². The van der Waals surface area contributed by atoms with E-state index in [-0.39, 0.29) is 17.8 Å². The average Bonchev–Trinajstić information content (AvgIpc) is 3.18. The number of carbonyl (C=O) groups is 1. The molecule has 5 aromatic rings. The number of rotatable bonds is 4. The molecule has 0 unspecified atom stereocenters. The minimum absolute atomic E-state index is 0.0149. The van der Waals surface area contributed by atoms with E-state index in [9.17, 15) is 14.7 Å². The second kappa shape index (κ2) is 7.52. The first kappa shape index (κ1) is 19.3. The lowest BCUT2D eigenvalue weighted by Crippen LogP contribution is -2.28. The molecule has 0 radical (unpaired) electrons. The van der Waals surface area contributed by atoms with E-state index in [1.165, 1.54) is 4.57 Å². The van der Waals surface area contributed by atoms with E-state index in [0.29, 0.717) is 22.2 Å². The maximum Gasteiger partial charge on any atom is 0.353 e. The number of benzene rings is 3. The molecule has 0 fully saturated rings. The number of aromatic amines is 1. The molecule has 6 nitrogen and oxygen atoms in total. The minimum atomic E-state index is -1.17. The van der Waals surface area contributed by atoms with Crippen LogP contribution in [0, 0.1) is 0 Å². The summed E-state index contributed by atoms with van der Waals surface area (Å²) in [5, 5.41) is 11.2. The number of carboxylic acid groups (broad SMARTS) is 1. The number of pyridine rings is 1. The molecular weight excluding hydrogens is 458 g/mol. The quantitative estimate of drug-likeness (QED) is 0.382. The van der Waals surface area contributed by atoms with Crippen molar-refractivity contribution >= 4 is 43.7 Å². The predicted molar refractivity (Wildman–Crippen MR) is 123 cm³/mol. The van der Waals surface area contributed by atoms with Gasteiger partial charge in [0.2, 0.25) is 0 Å². The van der Waals surface area contributed by atoms with Crippen molar-refractivity contribution in [3.63, 3.8) is 0 Å². The molecule has 7 heteroatoms. The summed E-state index contributed by atoms with van der Waals surface area (Å²) >= 11 is 3.45. The van der Waals surface area contributed by atoms with Gasteiger partial charge in [-0.05, 0) is 41.3 Å². The van der Waals surface area contributed by atoms with Gasteiger partial charge < -0.3 is 10.1 Å². The van der Waals surface area contributed by atoms with Gasteiger partial charge in [0.15, 0.2) is 0 Å². The fraction of sp³-hybridized carbons (Fsp3) is 0.0417. The van der Waals surface area contributed by atoms with E-state index in [4.69, 9.17) is 0 Å². The third kappa shape index (κ3) is 3.33. The van der Waals surface area contributed by atoms with Crippen LogP contribution in [-0.2, 0) is 6.54 Å². The van der Waals surface area contributed by atoms with Gasteiger partial charge in [-0.15, -0.1) is 0 Å². The number of nitrogens with one attached hydrogen (secondary N) is 1. The molecular formula is C24H16BrN3O3. The number of fused-ring (bicyclic) bond motifs is 2. The first-order valence-electron chi connectivity index (χ1n) is 9.61. The summed E-state index contributed by atoms with van der Waals surface area (Å²) in [6, 6.07) is 22.1. The van der Waals surface area contributed by atoms with Crippen molar-refractivity contribution in [1.82, 2.24) is 14.5 Å². The van der Waals surface area contributed by atoms with Gasteiger partial charge in [-0.25, -0.2) is 9.78 Å². The molecule has 0 atom stereocenters. The monoisotopic (exact) mass is 473 g/mol. The molecule has 0 amide bonds. The van der Waals surface area contributed by atoms with E-state index in [1.807, 2.05) is 54.6 Å². The molecule has 5 rings (SSSR count). The zero-order valence-corrected chi connectivity index (χ0v) is 17.8. The van der Waals surface area contributed by atoms with E-state index < -0.39 is 5.97 Å². The Morgan fingerprint density at radius 1 is 1.00 bits per heavy atom. The SMILES string of the molecule is O=C(O)c1c(-c2ccccc2)c2cc(Br)ccc2c(=O)n1Cc1nc2ccccc2[nH]1. The maximum absolute atomic E-state index is 13.4. The van der Waals surface area contributed by atoms with Crippen molar-refractivity contribution in [2.45, 2.75) is 6.54 Å². The predicted octanol–water partition coefficient (Wildman–Crippen LogP) is 5.05. The Labute approximate surface area is 184 Å². The Morgan fingerprint density at radius 3 is 2.48 bits per heavy atom. The number of aromatic nitrogens is 3. The van der Waals surface area contributed by atoms with Crippen molar-refractivity contribution < 1.29 is 9.90 Å². The minimum Gasteiger partial charge on any atom is -0.477 e. The summed E-state index contributed by atoms with van der Waals surface area (Å²) in [5.41, 5.74) is 2.37. The Balaban J connectivity index is 1.84. The Morgan fingerprint density at radius 2 is 1.74 bits per heavy atom. The lowest BCUT2D eigenvalue weighted by atomic mass is 9.96. The van der Waals surface area contributed by atoms with Crippen molar-refractivity contribution in [2.24, 2.45) is 0 Å². The van der Waals surface area contributed by atoms with Gasteiger partial charge in [-0.2, -0.15) is 0 Å². The summed E-state index contributed by atoms with van der Waals surface area (Å²) < 4.78 is 2.06. The molecule has 0 aliphatic heterocycles. The highest BCUT2D eigenvalue weighted by molar-refractivity contribution is 9.10. The summed E-state index contributed by atoms with van der Waals surface area (Å²) in [4.78, 5) is 33.6. The van der Waals surface area contributed by atoms with Crippen molar-refractivity contribution in [3.8, 4) is 11.1 Å². The van der Waals surface area contributed by atoms with Crippen LogP contribution in [-0.4, -0.2) is 25.6 Å². The first-order chi connectivity index (χ1) is 15.0. The molecule has 31 heavy (non-hydrogen) atoms. The second-order valence-electron chi connectivity index (χ2n) is 7.18. The van der Waals surface area contributed by atoms with Gasteiger partial charge in [-0.1, -0.05) is 58.4 Å². The molecule has 0 aliphatic rings. The van der Waals surface area contributed by atoms with Crippen LogP contribution in [0.4, 0.5) is 0 Å². The highest BCUT2D eigenvalue weighted by atomic mass is 79.9. The Bertz CT molecular complexity index is 1490. The largest absolute Gasteiger partial charge is 0.477 e. The van der Waals surface area contributed by atoms with Crippen LogP contribution in [0.3, 0.4) is 0 Å². The normalized spacial score (nSPS) is 11.3. The number of halogens is 1. The van der Waals surface area contributed by atoms with Crippen LogP contribution >= 0.6 is 15.9 Å². The fourth-order valence-corrected chi connectivity index (χ4v) is 4.28. The number of aromatic carboxylic acids is 1. The van der Waals surface area contributed by atoms with Crippen LogP contribution in [0.5, 0.6) is 0 Å². The van der Waals surface area contributed by atoms with E-state index in [0.717, 1.165) is 21.1 Å². The molecule has 152 valence electrons. The van der Waals surface area contributed by atoms with E-state index in [1.54, 1.807) is 18.2 Å². The molecule has 2 aromatic heterocycles. The van der Waals surface area contributed by atoms with Gasteiger partial charge in [0.1, 0.15) is 11.5 Å². The second-order valence-corrected chi connectivity index (χ2v) is 8.09. The zero-order valence-electron chi connectivity index (χ0n) is 16.2. The van der Waals surface area contributed by atoms with E-state index in [2.05, 4.69) is 25.9 Å². The lowest BCUT2D eigenvalue weighted by Gasteiger charge is -2.17. The Kier molecular flexibility index (Phi) is 4.67. The molecule has 0 bridgehead atoms. The standard InChI is InChI=1S/C24H16BrN3O3/c25-15-10-11-16-17(12-15)21(14-6-2-1-3-7-14)22(24(30)31)28(23(16)29)13-20-26-18-8-4-5-9-19(18)27-20/h1-12H,13H2,(H,26,27)(H,30,31). The molecule has 0 spiro atoms. The summed E-state index contributed by atoms with van der Waals surface area (Å²) in [5.74, 6) is -0.657. The van der Waals surface area contributed by atoms with Crippen molar-refractivity contribution in [1.29, 1.82) is 0 Å². The third-order valence-electron chi connectivity index (χ3n) is 5.24. The van der Waals surface area contributed by atoms with E-state index >= 15 is 0 Å². The lowest BCUT2D eigenvalue weighted by molar-refractivity contribution is 0.0685. The van der Waals surface area contributed by atoms with Gasteiger partial charge >= 0.3 is 5.97 Å². The van der Waals surface area contributed by atoms with Crippen LogP contribution in [0.2, 0.25) is 0 Å². The number of nitrogens with zero attached hydrogens (tertiary/aromatic N) is 2. The van der Waals surface area contributed by atoms with Crippen molar-refractivity contribution in [2.75, 3.05) is 0 Å². The Hall–Kier alpha value is -3.71. The third-order valence-corrected chi connectivity index (χ3v) is 5.74. The smallest absolute Gasteiger partial charge is 0.353 e. The van der Waals surface area contributed by atoms with Gasteiger partial charge in [0.05, 0.1) is 17.6 Å². The zero-order chi connectivity index (χ0) is 21.5. The number of hydrogen-bond donors (Lipinski definition) is 2. The summed E-state index contributed by atoms with van der Waals surface area (Å²) in [6.45, 7) is 0.0149.